The highest BCUT2D eigenvalue weighted by atomic mass is 35.5. The Morgan fingerprint density at radius 3 is 2.89 bits per heavy atom. The normalized spacial score (nSPS) is 21.8. The summed E-state index contributed by atoms with van der Waals surface area (Å²) in [6.45, 7) is 3.89. The number of amides is 1. The molecule has 6 heteroatoms. The van der Waals surface area contributed by atoms with Crippen LogP contribution in [0.15, 0.2) is 18.3 Å². The number of aromatic nitrogens is 1. The Kier molecular flexibility index (Phi) is 5.72. The molecule has 1 unspecified atom stereocenters. The van der Waals surface area contributed by atoms with Crippen molar-refractivity contribution in [2.24, 2.45) is 5.41 Å². The summed E-state index contributed by atoms with van der Waals surface area (Å²) in [7, 11) is 1.62. The maximum Gasteiger partial charge on any atom is 0.235 e. The van der Waals surface area contributed by atoms with Gasteiger partial charge in [-0.25, -0.2) is 4.98 Å². The summed E-state index contributed by atoms with van der Waals surface area (Å²) in [5.74, 6) is 0.568. The fourth-order valence-corrected chi connectivity index (χ4v) is 2.19. The predicted molar refractivity (Wildman–Crippen MR) is 76.6 cm³/mol. The number of ether oxygens (including phenoxy) is 1. The van der Waals surface area contributed by atoms with E-state index in [4.69, 9.17) is 4.74 Å². The zero-order chi connectivity index (χ0) is 13.0. The van der Waals surface area contributed by atoms with Crippen LogP contribution in [0.2, 0.25) is 0 Å². The first-order valence-corrected chi connectivity index (χ1v) is 6.10. The Morgan fingerprint density at radius 2 is 2.37 bits per heavy atom. The number of anilines is 1. The van der Waals surface area contributed by atoms with Crippen molar-refractivity contribution in [3.8, 4) is 0 Å². The molecule has 0 spiro atoms. The number of nitrogens with one attached hydrogen (secondary N) is 2. The third kappa shape index (κ3) is 3.65. The van der Waals surface area contributed by atoms with Gasteiger partial charge in [0, 0.05) is 19.9 Å². The zero-order valence-electron chi connectivity index (χ0n) is 11.2. The Morgan fingerprint density at radius 1 is 1.58 bits per heavy atom. The van der Waals surface area contributed by atoms with Crippen LogP contribution >= 0.6 is 12.4 Å². The number of pyridine rings is 1. The lowest BCUT2D eigenvalue weighted by Gasteiger charge is -2.25. The molecule has 0 aromatic carbocycles. The fourth-order valence-electron chi connectivity index (χ4n) is 2.19. The monoisotopic (exact) mass is 285 g/mol. The summed E-state index contributed by atoms with van der Waals surface area (Å²) < 4.78 is 5.19. The molecule has 2 heterocycles. The van der Waals surface area contributed by atoms with Gasteiger partial charge in [-0.1, -0.05) is 6.07 Å². The molecule has 0 aliphatic carbocycles. The SMILES string of the molecule is COCC1(C(=O)Nc2ccc(C)cn2)CCNC1.Cl. The Bertz CT molecular complexity index is 416. The summed E-state index contributed by atoms with van der Waals surface area (Å²) in [4.78, 5) is 16.5. The van der Waals surface area contributed by atoms with Crippen LogP contribution in [-0.2, 0) is 9.53 Å². The molecule has 106 valence electrons. The number of carbonyl (C=O) groups is 1. The van der Waals surface area contributed by atoms with E-state index in [-0.39, 0.29) is 18.3 Å². The van der Waals surface area contributed by atoms with Crippen molar-refractivity contribution in [3.05, 3.63) is 23.9 Å². The van der Waals surface area contributed by atoms with Gasteiger partial charge in [-0.2, -0.15) is 0 Å². The van der Waals surface area contributed by atoms with Crippen molar-refractivity contribution >= 4 is 24.1 Å². The second-order valence-electron chi connectivity index (χ2n) is 4.82. The minimum atomic E-state index is -0.471. The minimum absolute atomic E-state index is 0. The van der Waals surface area contributed by atoms with E-state index in [1.807, 2.05) is 19.1 Å². The number of carbonyl (C=O) groups excluding carboxylic acids is 1. The average Bonchev–Trinajstić information content (AvgIpc) is 2.82. The summed E-state index contributed by atoms with van der Waals surface area (Å²) in [5.41, 5.74) is 0.601. The highest BCUT2D eigenvalue weighted by Crippen LogP contribution is 2.27. The Hall–Kier alpha value is -1.17. The molecule has 1 aromatic heterocycles. The second kappa shape index (κ2) is 6.84. The number of hydrogen-bond acceptors (Lipinski definition) is 4. The van der Waals surface area contributed by atoms with Gasteiger partial charge in [0.25, 0.3) is 0 Å². The molecule has 1 amide bonds. The molecule has 2 rings (SSSR count). The molecule has 19 heavy (non-hydrogen) atoms. The van der Waals surface area contributed by atoms with Gasteiger partial charge in [0.15, 0.2) is 0 Å². The molecule has 1 fully saturated rings. The minimum Gasteiger partial charge on any atom is -0.384 e. The van der Waals surface area contributed by atoms with Gasteiger partial charge in [0.2, 0.25) is 5.91 Å². The average molecular weight is 286 g/mol. The first kappa shape index (κ1) is 15.9. The van der Waals surface area contributed by atoms with E-state index < -0.39 is 5.41 Å². The van der Waals surface area contributed by atoms with Crippen LogP contribution < -0.4 is 10.6 Å². The van der Waals surface area contributed by atoms with Crippen LogP contribution in [0.25, 0.3) is 0 Å². The molecule has 1 aliphatic rings. The number of rotatable bonds is 4. The van der Waals surface area contributed by atoms with Crippen molar-refractivity contribution in [3.63, 3.8) is 0 Å². The molecule has 1 aromatic rings. The van der Waals surface area contributed by atoms with Crippen LogP contribution in [0, 0.1) is 12.3 Å². The second-order valence-corrected chi connectivity index (χ2v) is 4.82. The first-order chi connectivity index (χ1) is 8.66. The van der Waals surface area contributed by atoms with Crippen molar-refractivity contribution in [1.29, 1.82) is 0 Å². The molecule has 1 saturated heterocycles. The van der Waals surface area contributed by atoms with Gasteiger partial charge in [-0.3, -0.25) is 4.79 Å². The number of halogens is 1. The van der Waals surface area contributed by atoms with Crippen LogP contribution in [0.5, 0.6) is 0 Å². The zero-order valence-corrected chi connectivity index (χ0v) is 12.0. The van der Waals surface area contributed by atoms with E-state index in [1.54, 1.807) is 13.3 Å². The molecule has 0 saturated carbocycles. The topological polar surface area (TPSA) is 63.2 Å². The van der Waals surface area contributed by atoms with Crippen LogP contribution in [0.3, 0.4) is 0 Å². The number of aryl methyl sites for hydroxylation is 1. The Balaban J connectivity index is 0.00000180. The van der Waals surface area contributed by atoms with Crippen molar-refractivity contribution in [1.82, 2.24) is 10.3 Å². The third-order valence-electron chi connectivity index (χ3n) is 3.30. The number of nitrogens with zero attached hydrogens (tertiary/aromatic N) is 1. The van der Waals surface area contributed by atoms with Gasteiger partial charge in [-0.15, -0.1) is 12.4 Å². The quantitative estimate of drug-likeness (QED) is 0.877. The highest BCUT2D eigenvalue weighted by Gasteiger charge is 2.41. The molecule has 1 aliphatic heterocycles. The van der Waals surface area contributed by atoms with E-state index in [9.17, 15) is 4.79 Å². The molecular formula is C13H20ClN3O2. The summed E-state index contributed by atoms with van der Waals surface area (Å²) in [5, 5.41) is 6.08. The molecular weight excluding hydrogens is 266 g/mol. The smallest absolute Gasteiger partial charge is 0.235 e. The maximum atomic E-state index is 12.3. The largest absolute Gasteiger partial charge is 0.384 e. The van der Waals surface area contributed by atoms with Gasteiger partial charge in [0.1, 0.15) is 5.82 Å². The lowest BCUT2D eigenvalue weighted by Crippen LogP contribution is -2.42. The van der Waals surface area contributed by atoms with E-state index in [0.29, 0.717) is 19.0 Å². The molecule has 5 nitrogen and oxygen atoms in total. The molecule has 0 bridgehead atoms. The number of methoxy groups -OCH3 is 1. The van der Waals surface area contributed by atoms with Crippen molar-refractivity contribution in [2.45, 2.75) is 13.3 Å². The van der Waals surface area contributed by atoms with E-state index in [2.05, 4.69) is 15.6 Å². The highest BCUT2D eigenvalue weighted by molar-refractivity contribution is 5.95. The fraction of sp³-hybridized carbons (Fsp3) is 0.538. The Labute approximate surface area is 119 Å². The first-order valence-electron chi connectivity index (χ1n) is 6.10. The van der Waals surface area contributed by atoms with Crippen LogP contribution in [-0.4, -0.2) is 37.7 Å². The maximum absolute atomic E-state index is 12.3. The van der Waals surface area contributed by atoms with Crippen LogP contribution in [0.1, 0.15) is 12.0 Å². The summed E-state index contributed by atoms with van der Waals surface area (Å²) in [6.07, 6.45) is 2.53. The third-order valence-corrected chi connectivity index (χ3v) is 3.30. The van der Waals surface area contributed by atoms with E-state index in [0.717, 1.165) is 18.5 Å². The van der Waals surface area contributed by atoms with Crippen LogP contribution in [0.4, 0.5) is 5.82 Å². The van der Waals surface area contributed by atoms with Crippen molar-refractivity contribution in [2.75, 3.05) is 32.1 Å². The van der Waals surface area contributed by atoms with E-state index >= 15 is 0 Å². The number of hydrogen-bond donors (Lipinski definition) is 2. The lowest BCUT2D eigenvalue weighted by molar-refractivity contribution is -0.127. The predicted octanol–water partition coefficient (Wildman–Crippen LogP) is 1.38. The van der Waals surface area contributed by atoms with Crippen molar-refractivity contribution < 1.29 is 9.53 Å². The van der Waals surface area contributed by atoms with Gasteiger partial charge in [0.05, 0.1) is 12.0 Å². The van der Waals surface area contributed by atoms with E-state index in [1.165, 1.54) is 0 Å². The molecule has 1 atom stereocenters. The van der Waals surface area contributed by atoms with Gasteiger partial charge in [-0.05, 0) is 31.5 Å². The standard InChI is InChI=1S/C13H19N3O2.ClH/c1-10-3-4-11(15-7-10)16-12(17)13(9-18-2)5-6-14-8-13;/h3-4,7,14H,5-6,8-9H2,1-2H3,(H,15,16,17);1H. The van der Waals surface area contributed by atoms with Gasteiger partial charge >= 0.3 is 0 Å². The molecule has 2 N–H and O–H groups in total. The van der Waals surface area contributed by atoms with Gasteiger partial charge < -0.3 is 15.4 Å². The molecule has 0 radical (unpaired) electrons. The summed E-state index contributed by atoms with van der Waals surface area (Å²) >= 11 is 0. The summed E-state index contributed by atoms with van der Waals surface area (Å²) in [6, 6.07) is 3.74. The lowest BCUT2D eigenvalue weighted by atomic mass is 9.87.